The third-order valence-corrected chi connectivity index (χ3v) is 5.60. The number of rotatable bonds is 4. The molecule has 1 aromatic heterocycles. The van der Waals surface area contributed by atoms with Crippen LogP contribution in [0.25, 0.3) is 11.0 Å². The molecule has 1 aromatic carbocycles. The van der Waals surface area contributed by atoms with Crippen LogP contribution in [0.15, 0.2) is 41.3 Å². The first kappa shape index (κ1) is 14.9. The molecule has 0 radical (unpaired) electrons. The summed E-state index contributed by atoms with van der Waals surface area (Å²) in [7, 11) is 0. The highest BCUT2D eigenvalue weighted by Crippen LogP contribution is 2.43. The van der Waals surface area contributed by atoms with Crippen molar-refractivity contribution in [1.29, 1.82) is 0 Å². The minimum Gasteiger partial charge on any atom is -0.459 e. The summed E-state index contributed by atoms with van der Waals surface area (Å²) >= 11 is 0. The molecule has 2 atom stereocenters. The van der Waals surface area contributed by atoms with Crippen molar-refractivity contribution < 1.29 is 4.42 Å². The van der Waals surface area contributed by atoms with Crippen molar-refractivity contribution in [1.82, 2.24) is 10.2 Å². The molecule has 0 amide bonds. The summed E-state index contributed by atoms with van der Waals surface area (Å²) in [6, 6.07) is 8.74. The van der Waals surface area contributed by atoms with Crippen LogP contribution in [0.4, 0.5) is 0 Å². The van der Waals surface area contributed by atoms with Gasteiger partial charge in [0, 0.05) is 42.7 Å². The maximum absolute atomic E-state index is 6.27. The van der Waals surface area contributed by atoms with E-state index in [1.807, 2.05) is 12.1 Å². The van der Waals surface area contributed by atoms with Crippen LogP contribution in [0, 0.1) is 0 Å². The molecule has 4 nitrogen and oxygen atoms in total. The molecule has 0 saturated carbocycles. The molecular formula is C19H25N3O. The molecule has 1 fully saturated rings. The van der Waals surface area contributed by atoms with Crippen molar-refractivity contribution in [2.75, 3.05) is 26.2 Å². The summed E-state index contributed by atoms with van der Waals surface area (Å²) in [4.78, 5) is 2.56. The number of hydrogen-bond acceptors (Lipinski definition) is 4. The van der Waals surface area contributed by atoms with Crippen LogP contribution in [0.1, 0.15) is 30.2 Å². The number of para-hydroxylation sites is 1. The van der Waals surface area contributed by atoms with Crippen LogP contribution in [0.3, 0.4) is 0 Å². The number of hydrogen-bond donors (Lipinski definition) is 2. The van der Waals surface area contributed by atoms with E-state index in [2.05, 4.69) is 35.0 Å². The lowest BCUT2D eigenvalue weighted by Gasteiger charge is -2.47. The summed E-state index contributed by atoms with van der Waals surface area (Å²) < 4.78 is 6.27. The summed E-state index contributed by atoms with van der Waals surface area (Å²) in [6.45, 7) is 7.47. The zero-order valence-electron chi connectivity index (χ0n) is 13.6. The molecule has 2 aliphatic heterocycles. The van der Waals surface area contributed by atoms with Gasteiger partial charge >= 0.3 is 0 Å². The molecule has 2 unspecified atom stereocenters. The second kappa shape index (κ2) is 5.78. The Morgan fingerprint density at radius 3 is 3.09 bits per heavy atom. The summed E-state index contributed by atoms with van der Waals surface area (Å²) in [5.41, 5.74) is 8.56. The first-order chi connectivity index (χ1) is 11.3. The Bertz CT molecular complexity index is 722. The largest absolute Gasteiger partial charge is 0.459 e. The molecule has 1 saturated heterocycles. The molecule has 0 aliphatic carbocycles. The Kier molecular flexibility index (Phi) is 3.76. The topological polar surface area (TPSA) is 54.4 Å². The van der Waals surface area contributed by atoms with E-state index in [1.54, 1.807) is 0 Å². The van der Waals surface area contributed by atoms with Crippen LogP contribution in [0.5, 0.6) is 0 Å². The standard InChI is InChI=1S/C19H25N3O/c1-2-9-21-19(13-20)8-11-22-10-7-15-14-5-3-4-6-17(14)23-18(15)16(22)12-19/h2-6,16,21H,1,7-13,20H2. The number of nitrogens with zero attached hydrogens (tertiary/aromatic N) is 1. The fraction of sp³-hybridized carbons (Fsp3) is 0.474. The monoisotopic (exact) mass is 311 g/mol. The third-order valence-electron chi connectivity index (χ3n) is 5.60. The maximum Gasteiger partial charge on any atom is 0.134 e. The second-order valence-electron chi connectivity index (χ2n) is 6.85. The SMILES string of the molecule is C=CCNC1(CN)CCN2CCc3c(oc4ccccc34)C2C1. The lowest BCUT2D eigenvalue weighted by molar-refractivity contribution is 0.0610. The Morgan fingerprint density at radius 2 is 2.26 bits per heavy atom. The van der Waals surface area contributed by atoms with Gasteiger partial charge < -0.3 is 15.5 Å². The Labute approximate surface area is 137 Å². The van der Waals surface area contributed by atoms with Gasteiger partial charge in [-0.25, -0.2) is 0 Å². The van der Waals surface area contributed by atoms with Gasteiger partial charge in [0.2, 0.25) is 0 Å². The zero-order chi connectivity index (χ0) is 15.9. The van der Waals surface area contributed by atoms with Gasteiger partial charge in [0.1, 0.15) is 11.3 Å². The first-order valence-corrected chi connectivity index (χ1v) is 8.57. The van der Waals surface area contributed by atoms with E-state index in [0.717, 1.165) is 50.2 Å². The van der Waals surface area contributed by atoms with E-state index in [0.29, 0.717) is 12.6 Å². The van der Waals surface area contributed by atoms with Crippen molar-refractivity contribution in [2.45, 2.75) is 30.8 Å². The van der Waals surface area contributed by atoms with Crippen LogP contribution >= 0.6 is 0 Å². The third kappa shape index (κ3) is 2.42. The second-order valence-corrected chi connectivity index (χ2v) is 6.85. The van der Waals surface area contributed by atoms with Gasteiger partial charge in [0.25, 0.3) is 0 Å². The van der Waals surface area contributed by atoms with E-state index < -0.39 is 0 Å². The van der Waals surface area contributed by atoms with Gasteiger partial charge in [-0.05, 0) is 25.3 Å². The van der Waals surface area contributed by atoms with Gasteiger partial charge in [-0.3, -0.25) is 4.90 Å². The average molecular weight is 311 g/mol. The minimum absolute atomic E-state index is 0.0110. The fourth-order valence-electron chi connectivity index (χ4n) is 4.25. The zero-order valence-corrected chi connectivity index (χ0v) is 13.6. The highest BCUT2D eigenvalue weighted by molar-refractivity contribution is 5.82. The molecule has 23 heavy (non-hydrogen) atoms. The number of nitrogens with two attached hydrogens (primary N) is 1. The highest BCUT2D eigenvalue weighted by atomic mass is 16.3. The van der Waals surface area contributed by atoms with Crippen LogP contribution in [0.2, 0.25) is 0 Å². The van der Waals surface area contributed by atoms with Crippen molar-refractivity contribution >= 4 is 11.0 Å². The number of furan rings is 1. The van der Waals surface area contributed by atoms with Crippen molar-refractivity contribution in [2.24, 2.45) is 5.73 Å². The number of fused-ring (bicyclic) bond motifs is 5. The molecule has 122 valence electrons. The number of piperidine rings is 1. The molecular weight excluding hydrogens is 286 g/mol. The Hall–Kier alpha value is -1.62. The van der Waals surface area contributed by atoms with Crippen molar-refractivity contribution in [3.8, 4) is 0 Å². The van der Waals surface area contributed by atoms with E-state index in [4.69, 9.17) is 10.2 Å². The maximum atomic E-state index is 6.27. The van der Waals surface area contributed by atoms with Gasteiger partial charge in [0.05, 0.1) is 6.04 Å². The lowest BCUT2D eigenvalue weighted by Crippen LogP contribution is -2.59. The van der Waals surface area contributed by atoms with E-state index in [-0.39, 0.29) is 5.54 Å². The first-order valence-electron chi connectivity index (χ1n) is 8.57. The predicted octanol–water partition coefficient (Wildman–Crippen LogP) is 2.60. The average Bonchev–Trinajstić information content (AvgIpc) is 2.99. The molecule has 3 N–H and O–H groups in total. The molecule has 4 rings (SSSR count). The molecule has 0 bridgehead atoms. The summed E-state index contributed by atoms with van der Waals surface area (Å²) in [5.74, 6) is 1.16. The smallest absolute Gasteiger partial charge is 0.134 e. The van der Waals surface area contributed by atoms with E-state index in [9.17, 15) is 0 Å². The van der Waals surface area contributed by atoms with Crippen LogP contribution in [-0.4, -0.2) is 36.6 Å². The van der Waals surface area contributed by atoms with Crippen molar-refractivity contribution in [3.05, 3.63) is 48.2 Å². The molecule has 4 heteroatoms. The summed E-state index contributed by atoms with van der Waals surface area (Å²) in [6.07, 6.45) is 5.09. The number of benzene rings is 1. The minimum atomic E-state index is -0.0110. The highest BCUT2D eigenvalue weighted by Gasteiger charge is 2.43. The molecule has 3 heterocycles. The van der Waals surface area contributed by atoms with Crippen LogP contribution in [-0.2, 0) is 6.42 Å². The summed E-state index contributed by atoms with van der Waals surface area (Å²) in [5, 5.41) is 4.90. The normalized spacial score (nSPS) is 27.6. The van der Waals surface area contributed by atoms with E-state index in [1.165, 1.54) is 10.9 Å². The van der Waals surface area contributed by atoms with Gasteiger partial charge in [0.15, 0.2) is 0 Å². The van der Waals surface area contributed by atoms with Crippen LogP contribution < -0.4 is 11.1 Å². The quantitative estimate of drug-likeness (QED) is 0.852. The molecule has 2 aromatic rings. The van der Waals surface area contributed by atoms with Crippen molar-refractivity contribution in [3.63, 3.8) is 0 Å². The van der Waals surface area contributed by atoms with Gasteiger partial charge in [-0.2, -0.15) is 0 Å². The number of nitrogens with one attached hydrogen (secondary N) is 1. The Morgan fingerprint density at radius 1 is 1.39 bits per heavy atom. The van der Waals surface area contributed by atoms with E-state index >= 15 is 0 Å². The molecule has 0 spiro atoms. The Balaban J connectivity index is 1.71. The fourth-order valence-corrected chi connectivity index (χ4v) is 4.25. The molecule has 2 aliphatic rings. The van der Waals surface area contributed by atoms with Gasteiger partial charge in [-0.1, -0.05) is 24.3 Å². The van der Waals surface area contributed by atoms with Gasteiger partial charge in [-0.15, -0.1) is 6.58 Å². The predicted molar refractivity (Wildman–Crippen MR) is 93.5 cm³/mol. The lowest BCUT2D eigenvalue weighted by atomic mass is 9.79.